The second-order valence-electron chi connectivity index (χ2n) is 8.47. The van der Waals surface area contributed by atoms with Crippen LogP contribution >= 0.6 is 0 Å². The standard InChI is InChI=1S/C23H28N4O4/c1-16(25-22(29)18-9-6-10-20(13-18)27(30)31)21(28)24-15-23(2,3)26-12-11-17-7-4-5-8-19(17)14-26/h4-10,13,16H,11-12,14-15H2,1-3H3,(H,24,28)(H,25,29). The molecule has 0 bridgehead atoms. The summed E-state index contributed by atoms with van der Waals surface area (Å²) in [5.74, 6) is -0.831. The topological polar surface area (TPSA) is 105 Å². The van der Waals surface area contributed by atoms with Gasteiger partial charge >= 0.3 is 0 Å². The van der Waals surface area contributed by atoms with E-state index < -0.39 is 16.9 Å². The van der Waals surface area contributed by atoms with Crippen LogP contribution in [0.1, 0.15) is 42.3 Å². The molecule has 2 amide bonds. The van der Waals surface area contributed by atoms with E-state index in [0.29, 0.717) is 6.54 Å². The average molecular weight is 425 g/mol. The van der Waals surface area contributed by atoms with Crippen LogP contribution < -0.4 is 10.6 Å². The lowest BCUT2D eigenvalue weighted by Crippen LogP contribution is -2.55. The Labute approximate surface area is 181 Å². The number of fused-ring (bicyclic) bond motifs is 1. The fourth-order valence-corrected chi connectivity index (χ4v) is 3.69. The molecular weight excluding hydrogens is 396 g/mol. The van der Waals surface area contributed by atoms with Gasteiger partial charge in [0.2, 0.25) is 5.91 Å². The molecule has 2 aromatic rings. The van der Waals surface area contributed by atoms with Crippen molar-refractivity contribution in [1.29, 1.82) is 0 Å². The molecule has 1 unspecified atom stereocenters. The second kappa shape index (κ2) is 9.26. The molecule has 1 atom stereocenters. The number of hydrogen-bond donors (Lipinski definition) is 2. The maximum absolute atomic E-state index is 12.6. The molecule has 0 radical (unpaired) electrons. The Balaban J connectivity index is 1.54. The molecule has 1 aliphatic heterocycles. The van der Waals surface area contributed by atoms with Crippen LogP contribution in [0, 0.1) is 10.1 Å². The molecule has 0 saturated carbocycles. The predicted molar refractivity (Wildman–Crippen MR) is 118 cm³/mol. The Hall–Kier alpha value is -3.26. The predicted octanol–water partition coefficient (Wildman–Crippen LogP) is 2.67. The van der Waals surface area contributed by atoms with Gasteiger partial charge in [0.15, 0.2) is 0 Å². The minimum absolute atomic E-state index is 0.140. The van der Waals surface area contributed by atoms with Crippen molar-refractivity contribution in [3.8, 4) is 0 Å². The van der Waals surface area contributed by atoms with E-state index >= 15 is 0 Å². The second-order valence-corrected chi connectivity index (χ2v) is 8.47. The van der Waals surface area contributed by atoms with Crippen LogP contribution in [-0.2, 0) is 17.8 Å². The smallest absolute Gasteiger partial charge is 0.270 e. The highest BCUT2D eigenvalue weighted by atomic mass is 16.6. The summed E-state index contributed by atoms with van der Waals surface area (Å²) in [6.07, 6.45) is 0.975. The molecule has 1 heterocycles. The van der Waals surface area contributed by atoms with Gasteiger partial charge < -0.3 is 10.6 Å². The molecular formula is C23H28N4O4. The van der Waals surface area contributed by atoms with E-state index in [1.807, 2.05) is 6.07 Å². The molecule has 0 spiro atoms. The van der Waals surface area contributed by atoms with Crippen molar-refractivity contribution in [2.45, 2.75) is 45.3 Å². The van der Waals surface area contributed by atoms with Crippen molar-refractivity contribution in [3.63, 3.8) is 0 Å². The summed E-state index contributed by atoms with van der Waals surface area (Å²) in [5, 5.41) is 16.4. The third-order valence-corrected chi connectivity index (χ3v) is 5.74. The summed E-state index contributed by atoms with van der Waals surface area (Å²) in [5.41, 5.74) is 2.39. The highest BCUT2D eigenvalue weighted by Gasteiger charge is 2.30. The van der Waals surface area contributed by atoms with E-state index in [-0.39, 0.29) is 22.7 Å². The van der Waals surface area contributed by atoms with Crippen molar-refractivity contribution in [2.75, 3.05) is 13.1 Å². The number of hydrogen-bond acceptors (Lipinski definition) is 5. The number of carbonyl (C=O) groups excluding carboxylic acids is 2. The Kier molecular flexibility index (Phi) is 6.70. The fourth-order valence-electron chi connectivity index (χ4n) is 3.69. The largest absolute Gasteiger partial charge is 0.352 e. The Morgan fingerprint density at radius 3 is 2.58 bits per heavy atom. The minimum Gasteiger partial charge on any atom is -0.352 e. The summed E-state index contributed by atoms with van der Waals surface area (Å²) in [4.78, 5) is 37.6. The summed E-state index contributed by atoms with van der Waals surface area (Å²) < 4.78 is 0. The number of benzene rings is 2. The van der Waals surface area contributed by atoms with Crippen LogP contribution in [0.5, 0.6) is 0 Å². The lowest BCUT2D eigenvalue weighted by Gasteiger charge is -2.41. The monoisotopic (exact) mass is 424 g/mol. The van der Waals surface area contributed by atoms with Gasteiger partial charge in [-0.1, -0.05) is 30.3 Å². The third kappa shape index (κ3) is 5.46. The van der Waals surface area contributed by atoms with Crippen LogP contribution in [0.2, 0.25) is 0 Å². The zero-order valence-corrected chi connectivity index (χ0v) is 18.1. The van der Waals surface area contributed by atoms with Crippen LogP contribution in [0.15, 0.2) is 48.5 Å². The number of nitrogens with one attached hydrogen (secondary N) is 2. The highest BCUT2D eigenvalue weighted by Crippen LogP contribution is 2.25. The van der Waals surface area contributed by atoms with Crippen LogP contribution in [-0.4, -0.2) is 46.3 Å². The number of non-ortho nitro benzene ring substituents is 1. The molecule has 0 aliphatic carbocycles. The van der Waals surface area contributed by atoms with E-state index in [2.05, 4.69) is 47.6 Å². The maximum atomic E-state index is 12.6. The summed E-state index contributed by atoms with van der Waals surface area (Å²) in [7, 11) is 0. The third-order valence-electron chi connectivity index (χ3n) is 5.74. The molecule has 164 valence electrons. The highest BCUT2D eigenvalue weighted by molar-refractivity contribution is 5.97. The maximum Gasteiger partial charge on any atom is 0.270 e. The molecule has 0 aromatic heterocycles. The van der Waals surface area contributed by atoms with E-state index in [1.165, 1.54) is 35.4 Å². The lowest BCUT2D eigenvalue weighted by atomic mass is 9.94. The SMILES string of the molecule is CC(NC(=O)c1cccc([N+](=O)[O-])c1)C(=O)NCC(C)(C)N1CCc2ccccc2C1. The van der Waals surface area contributed by atoms with E-state index in [4.69, 9.17) is 0 Å². The lowest BCUT2D eigenvalue weighted by molar-refractivity contribution is -0.384. The zero-order chi connectivity index (χ0) is 22.6. The van der Waals surface area contributed by atoms with Gasteiger partial charge in [0.1, 0.15) is 6.04 Å². The first-order valence-corrected chi connectivity index (χ1v) is 10.3. The molecule has 1 aliphatic rings. The van der Waals surface area contributed by atoms with Crippen LogP contribution in [0.3, 0.4) is 0 Å². The number of nitro benzene ring substituents is 1. The van der Waals surface area contributed by atoms with Gasteiger partial charge in [-0.15, -0.1) is 0 Å². The van der Waals surface area contributed by atoms with Gasteiger partial charge in [-0.25, -0.2) is 0 Å². The number of amides is 2. The summed E-state index contributed by atoms with van der Waals surface area (Å²) in [6, 6.07) is 13.1. The van der Waals surface area contributed by atoms with Crippen molar-refractivity contribution in [3.05, 3.63) is 75.3 Å². The molecule has 2 aromatic carbocycles. The van der Waals surface area contributed by atoms with E-state index in [0.717, 1.165) is 19.5 Å². The van der Waals surface area contributed by atoms with E-state index in [9.17, 15) is 19.7 Å². The van der Waals surface area contributed by atoms with Gasteiger partial charge in [0, 0.05) is 42.9 Å². The van der Waals surface area contributed by atoms with Crippen molar-refractivity contribution < 1.29 is 14.5 Å². The van der Waals surface area contributed by atoms with Gasteiger partial charge in [-0.05, 0) is 44.4 Å². The number of nitrogens with zero attached hydrogens (tertiary/aromatic N) is 2. The van der Waals surface area contributed by atoms with Gasteiger partial charge in [0.25, 0.3) is 11.6 Å². The molecule has 0 fully saturated rings. The van der Waals surface area contributed by atoms with Crippen LogP contribution in [0.4, 0.5) is 5.69 Å². The van der Waals surface area contributed by atoms with Crippen molar-refractivity contribution in [1.82, 2.24) is 15.5 Å². The fraction of sp³-hybridized carbons (Fsp3) is 0.391. The first-order chi connectivity index (χ1) is 14.7. The Bertz CT molecular complexity index is 989. The Morgan fingerprint density at radius 2 is 1.87 bits per heavy atom. The zero-order valence-electron chi connectivity index (χ0n) is 18.1. The van der Waals surface area contributed by atoms with Crippen molar-refractivity contribution in [2.24, 2.45) is 0 Å². The van der Waals surface area contributed by atoms with Gasteiger partial charge in [0.05, 0.1) is 4.92 Å². The van der Waals surface area contributed by atoms with Crippen molar-refractivity contribution >= 4 is 17.5 Å². The quantitative estimate of drug-likeness (QED) is 0.525. The first-order valence-electron chi connectivity index (χ1n) is 10.3. The molecule has 0 saturated heterocycles. The normalized spacial score (nSPS) is 14.9. The van der Waals surface area contributed by atoms with Crippen LogP contribution in [0.25, 0.3) is 0 Å². The Morgan fingerprint density at radius 1 is 1.16 bits per heavy atom. The molecule has 31 heavy (non-hydrogen) atoms. The van der Waals surface area contributed by atoms with Gasteiger partial charge in [-0.3, -0.25) is 24.6 Å². The molecule has 2 N–H and O–H groups in total. The molecule has 8 heteroatoms. The number of rotatable bonds is 7. The van der Waals surface area contributed by atoms with E-state index in [1.54, 1.807) is 6.92 Å². The number of nitro groups is 1. The first kappa shape index (κ1) is 22.4. The molecule has 3 rings (SSSR count). The molecule has 8 nitrogen and oxygen atoms in total. The minimum atomic E-state index is -0.773. The van der Waals surface area contributed by atoms with Gasteiger partial charge in [-0.2, -0.15) is 0 Å². The average Bonchev–Trinajstić information content (AvgIpc) is 2.77. The summed E-state index contributed by atoms with van der Waals surface area (Å²) >= 11 is 0. The number of carbonyl (C=O) groups is 2. The summed E-state index contributed by atoms with van der Waals surface area (Å²) in [6.45, 7) is 7.96.